The van der Waals surface area contributed by atoms with Crippen molar-refractivity contribution in [2.24, 2.45) is 5.73 Å². The summed E-state index contributed by atoms with van der Waals surface area (Å²) in [5, 5.41) is 0. The zero-order chi connectivity index (χ0) is 13.5. The van der Waals surface area contributed by atoms with Gasteiger partial charge >= 0.3 is 0 Å². The maximum atomic E-state index is 5.90. The van der Waals surface area contributed by atoms with E-state index >= 15 is 0 Å². The normalized spacial score (nSPS) is 12.1. The Hall–Kier alpha value is -1.87. The Morgan fingerprint density at radius 3 is 2.53 bits per heavy atom. The molecule has 1 atom stereocenters. The Balaban J connectivity index is 2.15. The van der Waals surface area contributed by atoms with Crippen LogP contribution in [-0.4, -0.2) is 18.1 Å². The number of nitrogens with two attached hydrogens (primary N) is 1. The molecule has 2 rings (SSSR count). The van der Waals surface area contributed by atoms with Gasteiger partial charge in [-0.25, -0.2) is 0 Å². The Bertz CT molecular complexity index is 482. The molecule has 0 amide bonds. The van der Waals surface area contributed by atoms with Crippen LogP contribution in [0.2, 0.25) is 0 Å². The third-order valence-corrected chi connectivity index (χ3v) is 3.08. The fourth-order valence-corrected chi connectivity index (χ4v) is 2.06. The van der Waals surface area contributed by atoms with Crippen LogP contribution < -0.4 is 10.5 Å². The predicted molar refractivity (Wildman–Crippen MR) is 77.4 cm³/mol. The van der Waals surface area contributed by atoms with Gasteiger partial charge in [-0.2, -0.15) is 0 Å². The number of pyridine rings is 1. The molecule has 19 heavy (non-hydrogen) atoms. The average molecular weight is 256 g/mol. The van der Waals surface area contributed by atoms with Gasteiger partial charge in [-0.05, 0) is 35.7 Å². The molecular formula is C16H20N2O. The lowest BCUT2D eigenvalue weighted by Gasteiger charge is -2.16. The van der Waals surface area contributed by atoms with E-state index in [9.17, 15) is 0 Å². The highest BCUT2D eigenvalue weighted by Gasteiger charge is 2.12. The lowest BCUT2D eigenvalue weighted by Crippen LogP contribution is -2.14. The lowest BCUT2D eigenvalue weighted by molar-refractivity contribution is 0.317. The summed E-state index contributed by atoms with van der Waals surface area (Å²) >= 11 is 0. The van der Waals surface area contributed by atoms with Crippen molar-refractivity contribution in [1.29, 1.82) is 0 Å². The second-order valence-electron chi connectivity index (χ2n) is 4.49. The van der Waals surface area contributed by atoms with Gasteiger partial charge in [0.15, 0.2) is 0 Å². The summed E-state index contributed by atoms with van der Waals surface area (Å²) in [4.78, 5) is 4.16. The second-order valence-corrected chi connectivity index (χ2v) is 4.49. The van der Waals surface area contributed by atoms with Crippen LogP contribution in [0.5, 0.6) is 5.75 Å². The quantitative estimate of drug-likeness (QED) is 0.864. The molecular weight excluding hydrogens is 236 g/mol. The van der Waals surface area contributed by atoms with Crippen molar-refractivity contribution in [3.05, 3.63) is 59.9 Å². The molecule has 2 aromatic rings. The van der Waals surface area contributed by atoms with Crippen LogP contribution in [0.1, 0.15) is 30.4 Å². The predicted octanol–water partition coefficient (Wildman–Crippen LogP) is 2.96. The first-order chi connectivity index (χ1) is 9.35. The number of benzene rings is 1. The number of hydrogen-bond donors (Lipinski definition) is 1. The van der Waals surface area contributed by atoms with Crippen molar-refractivity contribution in [3.63, 3.8) is 0 Å². The fourth-order valence-electron chi connectivity index (χ4n) is 2.06. The largest absolute Gasteiger partial charge is 0.494 e. The van der Waals surface area contributed by atoms with Gasteiger partial charge in [-0.3, -0.25) is 4.98 Å². The van der Waals surface area contributed by atoms with Crippen LogP contribution >= 0.6 is 0 Å². The van der Waals surface area contributed by atoms with Crippen molar-refractivity contribution in [2.45, 2.75) is 19.3 Å². The minimum atomic E-state index is 0.189. The first kappa shape index (κ1) is 13.6. The molecule has 0 saturated carbocycles. The Morgan fingerprint density at radius 1 is 1.16 bits per heavy atom. The Kier molecular flexibility index (Phi) is 4.93. The molecule has 0 aliphatic carbocycles. The summed E-state index contributed by atoms with van der Waals surface area (Å²) in [7, 11) is 0. The third kappa shape index (κ3) is 3.55. The van der Waals surface area contributed by atoms with Crippen molar-refractivity contribution in [3.8, 4) is 5.75 Å². The van der Waals surface area contributed by atoms with E-state index in [4.69, 9.17) is 10.5 Å². The molecule has 0 aliphatic heterocycles. The first-order valence-electron chi connectivity index (χ1n) is 6.68. The summed E-state index contributed by atoms with van der Waals surface area (Å²) in [6.45, 7) is 3.42. The average Bonchev–Trinajstić information content (AvgIpc) is 2.48. The van der Waals surface area contributed by atoms with Crippen molar-refractivity contribution >= 4 is 0 Å². The summed E-state index contributed by atoms with van der Waals surface area (Å²) < 4.78 is 5.59. The van der Waals surface area contributed by atoms with Crippen LogP contribution in [0.4, 0.5) is 0 Å². The number of hydrogen-bond acceptors (Lipinski definition) is 3. The van der Waals surface area contributed by atoms with Gasteiger partial charge in [-0.1, -0.05) is 25.1 Å². The molecule has 0 saturated heterocycles. The van der Waals surface area contributed by atoms with Crippen molar-refractivity contribution in [2.75, 3.05) is 13.2 Å². The fraction of sp³-hybridized carbons (Fsp3) is 0.312. The summed E-state index contributed by atoms with van der Waals surface area (Å²) in [6.07, 6.45) is 4.67. The van der Waals surface area contributed by atoms with Crippen LogP contribution in [-0.2, 0) is 0 Å². The van der Waals surface area contributed by atoms with Gasteiger partial charge in [0.2, 0.25) is 0 Å². The van der Waals surface area contributed by atoms with Gasteiger partial charge in [0.25, 0.3) is 0 Å². The maximum Gasteiger partial charge on any atom is 0.119 e. The van der Waals surface area contributed by atoms with Gasteiger partial charge < -0.3 is 10.5 Å². The maximum absolute atomic E-state index is 5.90. The van der Waals surface area contributed by atoms with E-state index < -0.39 is 0 Å². The van der Waals surface area contributed by atoms with E-state index in [0.717, 1.165) is 24.3 Å². The van der Waals surface area contributed by atoms with Crippen LogP contribution in [0.3, 0.4) is 0 Å². The van der Waals surface area contributed by atoms with Crippen molar-refractivity contribution in [1.82, 2.24) is 4.98 Å². The second kappa shape index (κ2) is 6.90. The van der Waals surface area contributed by atoms with E-state index in [1.54, 1.807) is 6.20 Å². The molecule has 3 heteroatoms. The number of ether oxygens (including phenoxy) is 1. The number of rotatable bonds is 6. The monoisotopic (exact) mass is 256 g/mol. The highest BCUT2D eigenvalue weighted by molar-refractivity contribution is 5.35. The molecule has 0 spiro atoms. The van der Waals surface area contributed by atoms with Crippen LogP contribution in [0.25, 0.3) is 0 Å². The van der Waals surface area contributed by atoms with Gasteiger partial charge in [0.1, 0.15) is 5.75 Å². The number of nitrogens with zero attached hydrogens (tertiary/aromatic N) is 1. The minimum absolute atomic E-state index is 0.189. The molecule has 0 bridgehead atoms. The molecule has 3 nitrogen and oxygen atoms in total. The van der Waals surface area contributed by atoms with E-state index in [-0.39, 0.29) is 5.92 Å². The summed E-state index contributed by atoms with van der Waals surface area (Å²) in [5.41, 5.74) is 8.24. The number of aromatic nitrogens is 1. The standard InChI is InChI=1S/C16H20N2O/c1-2-10-19-15-7-5-13(6-8-15)16(11-17)14-4-3-9-18-12-14/h3-9,12,16H,2,10-11,17H2,1H3. The molecule has 100 valence electrons. The lowest BCUT2D eigenvalue weighted by atomic mass is 9.92. The highest BCUT2D eigenvalue weighted by Crippen LogP contribution is 2.24. The van der Waals surface area contributed by atoms with E-state index in [0.29, 0.717) is 6.54 Å². The molecule has 0 radical (unpaired) electrons. The Morgan fingerprint density at radius 2 is 1.95 bits per heavy atom. The van der Waals surface area contributed by atoms with Gasteiger partial charge in [0.05, 0.1) is 6.61 Å². The smallest absolute Gasteiger partial charge is 0.119 e. The topological polar surface area (TPSA) is 48.1 Å². The SMILES string of the molecule is CCCOc1ccc(C(CN)c2cccnc2)cc1. The van der Waals surface area contributed by atoms with E-state index in [2.05, 4.69) is 30.1 Å². The van der Waals surface area contributed by atoms with Crippen LogP contribution in [0, 0.1) is 0 Å². The molecule has 2 N–H and O–H groups in total. The molecule has 1 unspecified atom stereocenters. The summed E-state index contributed by atoms with van der Waals surface area (Å²) in [6, 6.07) is 12.2. The molecule has 0 fully saturated rings. The van der Waals surface area contributed by atoms with Gasteiger partial charge in [0, 0.05) is 24.9 Å². The molecule has 1 aromatic carbocycles. The van der Waals surface area contributed by atoms with Gasteiger partial charge in [-0.15, -0.1) is 0 Å². The zero-order valence-electron chi connectivity index (χ0n) is 11.3. The Labute approximate surface area is 114 Å². The minimum Gasteiger partial charge on any atom is -0.494 e. The summed E-state index contributed by atoms with van der Waals surface area (Å²) in [5.74, 6) is 1.10. The highest BCUT2D eigenvalue weighted by atomic mass is 16.5. The zero-order valence-corrected chi connectivity index (χ0v) is 11.3. The van der Waals surface area contributed by atoms with E-state index in [1.165, 1.54) is 5.56 Å². The first-order valence-corrected chi connectivity index (χ1v) is 6.68. The molecule has 1 aromatic heterocycles. The van der Waals surface area contributed by atoms with Crippen LogP contribution in [0.15, 0.2) is 48.8 Å². The third-order valence-electron chi connectivity index (χ3n) is 3.08. The van der Waals surface area contributed by atoms with Crippen molar-refractivity contribution < 1.29 is 4.74 Å². The molecule has 0 aliphatic rings. The van der Waals surface area contributed by atoms with E-state index in [1.807, 2.05) is 24.4 Å². The molecule has 1 heterocycles.